The van der Waals surface area contributed by atoms with Gasteiger partial charge in [0.05, 0.1) is 6.61 Å². The van der Waals surface area contributed by atoms with E-state index in [1.54, 1.807) is 0 Å². The molecule has 5 heteroatoms. The van der Waals surface area contributed by atoms with Crippen molar-refractivity contribution in [3.8, 4) is 0 Å². The fourth-order valence-corrected chi connectivity index (χ4v) is 5.68. The van der Waals surface area contributed by atoms with Crippen LogP contribution in [0.3, 0.4) is 0 Å². The SMILES string of the molecule is CC/C=C\C/C=C\C/C=C\CCCCCCOCC(COC(=O)CCCCCCC/C=C\CCCC)OC(=O)CCCCCCCCCCC. The molecule has 0 radical (unpaired) electrons. The third-order valence-corrected chi connectivity index (χ3v) is 8.85. The molecule has 0 fully saturated rings. The summed E-state index contributed by atoms with van der Waals surface area (Å²) < 4.78 is 17.2. The van der Waals surface area contributed by atoms with Crippen LogP contribution < -0.4 is 0 Å². The van der Waals surface area contributed by atoms with Crippen LogP contribution in [-0.2, 0) is 23.8 Å². The minimum atomic E-state index is -0.544. The zero-order chi connectivity index (χ0) is 36.4. The molecule has 0 heterocycles. The van der Waals surface area contributed by atoms with E-state index in [-0.39, 0.29) is 25.2 Å². The highest BCUT2D eigenvalue weighted by Crippen LogP contribution is 2.13. The average molecular weight is 701 g/mol. The first-order valence-electron chi connectivity index (χ1n) is 21.2. The maximum absolute atomic E-state index is 12.6. The third kappa shape index (κ3) is 38.7. The minimum Gasteiger partial charge on any atom is -0.462 e. The highest BCUT2D eigenvalue weighted by atomic mass is 16.6. The van der Waals surface area contributed by atoms with Crippen molar-refractivity contribution >= 4 is 11.9 Å². The second-order valence-corrected chi connectivity index (χ2v) is 13.9. The number of hydrogen-bond acceptors (Lipinski definition) is 5. The van der Waals surface area contributed by atoms with E-state index in [9.17, 15) is 9.59 Å². The molecule has 1 unspecified atom stereocenters. The van der Waals surface area contributed by atoms with Gasteiger partial charge in [0.15, 0.2) is 6.10 Å². The van der Waals surface area contributed by atoms with E-state index in [0.717, 1.165) is 77.0 Å². The number of unbranched alkanes of at least 4 members (excludes halogenated alkanes) is 19. The Bertz CT molecular complexity index is 842. The van der Waals surface area contributed by atoms with Gasteiger partial charge in [-0.05, 0) is 70.6 Å². The van der Waals surface area contributed by atoms with Gasteiger partial charge in [0.2, 0.25) is 0 Å². The topological polar surface area (TPSA) is 61.8 Å². The maximum Gasteiger partial charge on any atom is 0.306 e. The summed E-state index contributed by atoms with van der Waals surface area (Å²) in [6, 6.07) is 0. The van der Waals surface area contributed by atoms with Crippen molar-refractivity contribution in [1.82, 2.24) is 0 Å². The first kappa shape index (κ1) is 47.9. The monoisotopic (exact) mass is 701 g/mol. The van der Waals surface area contributed by atoms with Crippen LogP contribution >= 0.6 is 0 Å². The van der Waals surface area contributed by atoms with Crippen LogP contribution in [0.1, 0.15) is 201 Å². The molecule has 0 saturated carbocycles. The molecule has 0 aromatic rings. The molecular formula is C45H80O5. The Kier molecular flexibility index (Phi) is 39.5. The molecule has 1 atom stereocenters. The molecule has 50 heavy (non-hydrogen) atoms. The summed E-state index contributed by atoms with van der Waals surface area (Å²) in [6.07, 6.45) is 48.2. The van der Waals surface area contributed by atoms with Crippen molar-refractivity contribution in [1.29, 1.82) is 0 Å². The van der Waals surface area contributed by atoms with Crippen LogP contribution in [0.15, 0.2) is 48.6 Å². The number of hydrogen-bond donors (Lipinski definition) is 0. The largest absolute Gasteiger partial charge is 0.462 e. The molecule has 0 bridgehead atoms. The first-order chi connectivity index (χ1) is 24.6. The highest BCUT2D eigenvalue weighted by Gasteiger charge is 2.17. The smallest absolute Gasteiger partial charge is 0.306 e. The van der Waals surface area contributed by atoms with Crippen LogP contribution in [0, 0.1) is 0 Å². The molecule has 0 N–H and O–H groups in total. The Morgan fingerprint density at radius 2 is 0.920 bits per heavy atom. The molecule has 0 aromatic heterocycles. The van der Waals surface area contributed by atoms with Gasteiger partial charge in [-0.3, -0.25) is 9.59 Å². The van der Waals surface area contributed by atoms with E-state index >= 15 is 0 Å². The van der Waals surface area contributed by atoms with E-state index in [2.05, 4.69) is 69.4 Å². The molecule has 0 spiro atoms. The van der Waals surface area contributed by atoms with E-state index in [1.165, 1.54) is 89.9 Å². The molecule has 0 saturated heterocycles. The predicted molar refractivity (Wildman–Crippen MR) is 215 cm³/mol. The van der Waals surface area contributed by atoms with Crippen molar-refractivity contribution < 1.29 is 23.8 Å². The number of rotatable bonds is 38. The zero-order valence-electron chi connectivity index (χ0n) is 33.2. The van der Waals surface area contributed by atoms with Gasteiger partial charge in [-0.1, -0.05) is 166 Å². The summed E-state index contributed by atoms with van der Waals surface area (Å²) in [4.78, 5) is 25.1. The molecule has 5 nitrogen and oxygen atoms in total. The van der Waals surface area contributed by atoms with E-state index in [0.29, 0.717) is 19.4 Å². The maximum atomic E-state index is 12.6. The molecule has 290 valence electrons. The Hall–Kier alpha value is -2.14. The number of carbonyl (C=O) groups is 2. The van der Waals surface area contributed by atoms with Gasteiger partial charge in [-0.25, -0.2) is 0 Å². The number of carbonyl (C=O) groups excluding carboxylic acids is 2. The Morgan fingerprint density at radius 3 is 1.52 bits per heavy atom. The van der Waals surface area contributed by atoms with Crippen molar-refractivity contribution in [2.24, 2.45) is 0 Å². The van der Waals surface area contributed by atoms with Crippen LogP contribution in [0.25, 0.3) is 0 Å². The number of allylic oxidation sites excluding steroid dienone is 8. The first-order valence-corrected chi connectivity index (χ1v) is 21.2. The second-order valence-electron chi connectivity index (χ2n) is 13.9. The Morgan fingerprint density at radius 1 is 0.460 bits per heavy atom. The van der Waals surface area contributed by atoms with Crippen LogP contribution in [0.5, 0.6) is 0 Å². The lowest BCUT2D eigenvalue weighted by Crippen LogP contribution is -2.30. The predicted octanol–water partition coefficient (Wildman–Crippen LogP) is 13.7. The summed E-state index contributed by atoms with van der Waals surface area (Å²) in [6.45, 7) is 7.60. The van der Waals surface area contributed by atoms with E-state index in [1.807, 2.05) is 0 Å². The second kappa shape index (κ2) is 41.3. The van der Waals surface area contributed by atoms with Crippen molar-refractivity contribution in [3.05, 3.63) is 48.6 Å². The average Bonchev–Trinajstić information content (AvgIpc) is 3.11. The van der Waals surface area contributed by atoms with Gasteiger partial charge in [0.1, 0.15) is 6.61 Å². The lowest BCUT2D eigenvalue weighted by molar-refractivity contribution is -0.163. The van der Waals surface area contributed by atoms with E-state index < -0.39 is 6.10 Å². The van der Waals surface area contributed by atoms with Crippen molar-refractivity contribution in [2.75, 3.05) is 19.8 Å². The van der Waals surface area contributed by atoms with Gasteiger partial charge in [-0.15, -0.1) is 0 Å². The number of esters is 2. The normalized spacial score (nSPS) is 12.6. The molecule has 0 aromatic carbocycles. The van der Waals surface area contributed by atoms with Gasteiger partial charge in [0.25, 0.3) is 0 Å². The third-order valence-electron chi connectivity index (χ3n) is 8.85. The van der Waals surface area contributed by atoms with Crippen LogP contribution in [0.2, 0.25) is 0 Å². The zero-order valence-corrected chi connectivity index (χ0v) is 33.2. The minimum absolute atomic E-state index is 0.0731. The lowest BCUT2D eigenvalue weighted by Gasteiger charge is -2.18. The van der Waals surface area contributed by atoms with Crippen LogP contribution in [-0.4, -0.2) is 37.9 Å². The Labute approximate surface area is 310 Å². The lowest BCUT2D eigenvalue weighted by atomic mass is 10.1. The number of ether oxygens (including phenoxy) is 3. The summed E-state index contributed by atoms with van der Waals surface area (Å²) in [5, 5.41) is 0. The molecular weight excluding hydrogens is 620 g/mol. The summed E-state index contributed by atoms with van der Waals surface area (Å²) in [5.41, 5.74) is 0. The molecule has 0 aliphatic heterocycles. The fourth-order valence-electron chi connectivity index (χ4n) is 5.68. The highest BCUT2D eigenvalue weighted by molar-refractivity contribution is 5.70. The fraction of sp³-hybridized carbons (Fsp3) is 0.778. The van der Waals surface area contributed by atoms with Gasteiger partial charge in [0, 0.05) is 19.4 Å². The standard InChI is InChI=1S/C45H80O5/c1-4-7-10-13-16-19-21-22-23-25-28-31-34-37-40-48-41-43(50-45(47)39-36-33-30-26-18-15-12-9-6-3)42-49-44(46)38-35-32-29-27-24-20-17-14-11-8-5-2/h7,10,14,16-17,19,22-23,43H,4-6,8-9,11-13,15,18,20-21,24-42H2,1-3H3/b10-7-,17-14-,19-16-,23-22-. The van der Waals surface area contributed by atoms with Gasteiger partial charge < -0.3 is 14.2 Å². The molecule has 0 aliphatic rings. The summed E-state index contributed by atoms with van der Waals surface area (Å²) in [5.74, 6) is -0.423. The summed E-state index contributed by atoms with van der Waals surface area (Å²) in [7, 11) is 0. The quantitative estimate of drug-likeness (QED) is 0.0364. The molecule has 0 amide bonds. The molecule has 0 rings (SSSR count). The van der Waals surface area contributed by atoms with Crippen molar-refractivity contribution in [2.45, 2.75) is 207 Å². The summed E-state index contributed by atoms with van der Waals surface area (Å²) >= 11 is 0. The van der Waals surface area contributed by atoms with Gasteiger partial charge in [-0.2, -0.15) is 0 Å². The van der Waals surface area contributed by atoms with Gasteiger partial charge >= 0.3 is 11.9 Å². The Balaban J connectivity index is 4.28. The van der Waals surface area contributed by atoms with Crippen LogP contribution in [0.4, 0.5) is 0 Å². The molecule has 0 aliphatic carbocycles. The van der Waals surface area contributed by atoms with Crippen molar-refractivity contribution in [3.63, 3.8) is 0 Å². The van der Waals surface area contributed by atoms with E-state index in [4.69, 9.17) is 14.2 Å².